The van der Waals surface area contributed by atoms with Crippen LogP contribution in [0.2, 0.25) is 0 Å². The van der Waals surface area contributed by atoms with E-state index < -0.39 is 35.6 Å². The van der Waals surface area contributed by atoms with Crippen molar-refractivity contribution in [1.82, 2.24) is 15.0 Å². The second-order valence-corrected chi connectivity index (χ2v) is 4.92. The zero-order valence-corrected chi connectivity index (χ0v) is 12.6. The third kappa shape index (κ3) is 4.37. The number of carbonyl (C=O) groups excluding carboxylic acids is 1. The Kier molecular flexibility index (Phi) is 4.96. The summed E-state index contributed by atoms with van der Waals surface area (Å²) in [5.41, 5.74) is -2.07. The molecule has 0 bridgehead atoms. The molecule has 24 heavy (non-hydrogen) atoms. The first-order valence-electron chi connectivity index (χ1n) is 6.69. The molecule has 0 atom stereocenters. The second-order valence-electron chi connectivity index (χ2n) is 4.92. The van der Waals surface area contributed by atoms with Gasteiger partial charge >= 0.3 is 12.3 Å². The highest BCUT2D eigenvalue weighted by molar-refractivity contribution is 5.85. The van der Waals surface area contributed by atoms with E-state index in [0.717, 1.165) is 24.7 Å². The normalized spacial score (nSPS) is 11.5. The topological polar surface area (TPSA) is 77.0 Å². The summed E-state index contributed by atoms with van der Waals surface area (Å²) < 4.78 is 57.4. The van der Waals surface area contributed by atoms with Crippen LogP contribution < -0.4 is 5.32 Å². The van der Waals surface area contributed by atoms with Gasteiger partial charge in [0.2, 0.25) is 0 Å². The van der Waals surface area contributed by atoms with Gasteiger partial charge in [-0.25, -0.2) is 19.2 Å². The molecular formula is C14H12F4N4O2. The van der Waals surface area contributed by atoms with E-state index >= 15 is 0 Å². The molecule has 0 aliphatic rings. The monoisotopic (exact) mass is 344 g/mol. The summed E-state index contributed by atoms with van der Waals surface area (Å²) in [6.07, 6.45) is -3.65. The largest absolute Gasteiger partial charge is 0.447 e. The van der Waals surface area contributed by atoms with Gasteiger partial charge in [0, 0.05) is 11.8 Å². The van der Waals surface area contributed by atoms with Crippen molar-refractivity contribution >= 4 is 11.8 Å². The predicted octanol–water partition coefficient (Wildman–Crippen LogP) is 3.65. The number of nitrogens with one attached hydrogen (secondary N) is 1. The fourth-order valence-electron chi connectivity index (χ4n) is 1.72. The molecule has 6 nitrogen and oxygen atoms in total. The van der Waals surface area contributed by atoms with Gasteiger partial charge in [-0.15, -0.1) is 0 Å². The van der Waals surface area contributed by atoms with E-state index in [9.17, 15) is 22.4 Å². The summed E-state index contributed by atoms with van der Waals surface area (Å²) in [5.74, 6) is -1.12. The van der Waals surface area contributed by atoms with Crippen LogP contribution in [0.3, 0.4) is 0 Å². The molecule has 0 unspecified atom stereocenters. The molecule has 0 fully saturated rings. The Balaban J connectivity index is 2.41. The molecule has 0 spiro atoms. The number of alkyl halides is 3. The Hall–Kier alpha value is -2.78. The highest BCUT2D eigenvalue weighted by atomic mass is 19.4. The Morgan fingerprint density at radius 2 is 1.96 bits per heavy atom. The number of rotatable bonds is 3. The number of carbonyl (C=O) groups is 1. The molecule has 0 aromatic carbocycles. The van der Waals surface area contributed by atoms with Crippen molar-refractivity contribution in [3.63, 3.8) is 0 Å². The van der Waals surface area contributed by atoms with Crippen LogP contribution in [-0.2, 0) is 10.9 Å². The summed E-state index contributed by atoms with van der Waals surface area (Å²) in [4.78, 5) is 22.1. The number of hydrogen-bond acceptors (Lipinski definition) is 5. The van der Waals surface area contributed by atoms with Gasteiger partial charge in [0.1, 0.15) is 5.82 Å². The van der Waals surface area contributed by atoms with E-state index in [1.165, 1.54) is 0 Å². The number of ether oxygens (including phenoxy) is 1. The summed E-state index contributed by atoms with van der Waals surface area (Å²) in [6.45, 7) is 3.08. The molecule has 2 heterocycles. The SMILES string of the molecule is CC(C)OC(=O)Nc1cnc(-c2cncc(F)c2)nc1C(F)(F)F. The average molecular weight is 344 g/mol. The lowest BCUT2D eigenvalue weighted by Crippen LogP contribution is -2.21. The van der Waals surface area contributed by atoms with Gasteiger partial charge in [0.05, 0.1) is 24.2 Å². The third-order valence-corrected chi connectivity index (χ3v) is 2.60. The molecule has 0 aliphatic carbocycles. The van der Waals surface area contributed by atoms with Crippen molar-refractivity contribution in [2.75, 3.05) is 5.32 Å². The molecule has 0 radical (unpaired) electrons. The van der Waals surface area contributed by atoms with Gasteiger partial charge in [-0.3, -0.25) is 10.3 Å². The number of halogens is 4. The molecule has 2 aromatic rings. The van der Waals surface area contributed by atoms with Gasteiger partial charge < -0.3 is 4.74 Å². The fourth-order valence-corrected chi connectivity index (χ4v) is 1.72. The van der Waals surface area contributed by atoms with Gasteiger partial charge in [-0.2, -0.15) is 13.2 Å². The molecule has 0 saturated heterocycles. The lowest BCUT2D eigenvalue weighted by Gasteiger charge is -2.14. The van der Waals surface area contributed by atoms with Crippen LogP contribution in [0.25, 0.3) is 11.4 Å². The van der Waals surface area contributed by atoms with Crippen LogP contribution >= 0.6 is 0 Å². The molecule has 0 saturated carbocycles. The number of aromatic nitrogens is 3. The maximum atomic E-state index is 13.2. The first kappa shape index (κ1) is 17.6. The number of amides is 1. The van der Waals surface area contributed by atoms with Gasteiger partial charge in [-0.1, -0.05) is 0 Å². The van der Waals surface area contributed by atoms with Crippen molar-refractivity contribution in [2.45, 2.75) is 26.1 Å². The lowest BCUT2D eigenvalue weighted by molar-refractivity contribution is -0.140. The average Bonchev–Trinajstić information content (AvgIpc) is 2.45. The predicted molar refractivity (Wildman–Crippen MR) is 75.5 cm³/mol. The zero-order chi connectivity index (χ0) is 17.9. The molecular weight excluding hydrogens is 332 g/mol. The maximum absolute atomic E-state index is 13.2. The Morgan fingerprint density at radius 1 is 1.25 bits per heavy atom. The second kappa shape index (κ2) is 6.77. The minimum atomic E-state index is -4.86. The van der Waals surface area contributed by atoms with Crippen molar-refractivity contribution in [3.05, 3.63) is 36.2 Å². The van der Waals surface area contributed by atoms with Crippen molar-refractivity contribution in [3.8, 4) is 11.4 Å². The Labute approximate surface area is 133 Å². The Morgan fingerprint density at radius 3 is 2.54 bits per heavy atom. The Bertz CT molecular complexity index is 750. The van der Waals surface area contributed by atoms with Crippen LogP contribution in [0, 0.1) is 5.82 Å². The molecule has 128 valence electrons. The lowest BCUT2D eigenvalue weighted by atomic mass is 10.2. The van der Waals surface area contributed by atoms with Crippen LogP contribution in [0.5, 0.6) is 0 Å². The van der Waals surface area contributed by atoms with Gasteiger partial charge in [0.15, 0.2) is 11.5 Å². The van der Waals surface area contributed by atoms with Crippen LogP contribution in [-0.4, -0.2) is 27.1 Å². The quantitative estimate of drug-likeness (QED) is 0.860. The molecule has 0 aliphatic heterocycles. The molecule has 2 aromatic heterocycles. The van der Waals surface area contributed by atoms with E-state index in [-0.39, 0.29) is 11.4 Å². The van der Waals surface area contributed by atoms with Crippen LogP contribution in [0.1, 0.15) is 19.5 Å². The summed E-state index contributed by atoms with van der Waals surface area (Å²) in [6, 6.07) is 0.947. The zero-order valence-electron chi connectivity index (χ0n) is 12.6. The number of hydrogen-bond donors (Lipinski definition) is 1. The van der Waals surface area contributed by atoms with E-state index in [1.54, 1.807) is 13.8 Å². The smallest absolute Gasteiger partial charge is 0.435 e. The number of nitrogens with zero attached hydrogens (tertiary/aromatic N) is 3. The fraction of sp³-hybridized carbons (Fsp3) is 0.286. The first-order chi connectivity index (χ1) is 11.2. The number of pyridine rings is 1. The molecule has 2 rings (SSSR count). The third-order valence-electron chi connectivity index (χ3n) is 2.60. The van der Waals surface area contributed by atoms with Crippen molar-refractivity contribution in [1.29, 1.82) is 0 Å². The summed E-state index contributed by atoms with van der Waals surface area (Å²) >= 11 is 0. The maximum Gasteiger partial charge on any atom is 0.435 e. The molecule has 1 N–H and O–H groups in total. The van der Waals surface area contributed by atoms with Crippen molar-refractivity contribution < 1.29 is 27.1 Å². The van der Waals surface area contributed by atoms with E-state index in [2.05, 4.69) is 15.0 Å². The molecule has 1 amide bonds. The molecule has 10 heteroatoms. The first-order valence-corrected chi connectivity index (χ1v) is 6.69. The van der Waals surface area contributed by atoms with Gasteiger partial charge in [0.25, 0.3) is 0 Å². The highest BCUT2D eigenvalue weighted by Crippen LogP contribution is 2.34. The minimum Gasteiger partial charge on any atom is -0.447 e. The van der Waals surface area contributed by atoms with Crippen LogP contribution in [0.4, 0.5) is 28.0 Å². The van der Waals surface area contributed by atoms with E-state index in [1.807, 2.05) is 5.32 Å². The van der Waals surface area contributed by atoms with E-state index in [0.29, 0.717) is 0 Å². The minimum absolute atomic E-state index is 0.0307. The van der Waals surface area contributed by atoms with Gasteiger partial charge in [-0.05, 0) is 19.9 Å². The number of anilines is 1. The highest BCUT2D eigenvalue weighted by Gasteiger charge is 2.37. The van der Waals surface area contributed by atoms with Crippen molar-refractivity contribution in [2.24, 2.45) is 0 Å². The van der Waals surface area contributed by atoms with Crippen LogP contribution in [0.15, 0.2) is 24.7 Å². The summed E-state index contributed by atoms with van der Waals surface area (Å²) in [5, 5.41) is 1.94. The van der Waals surface area contributed by atoms with E-state index in [4.69, 9.17) is 4.74 Å². The summed E-state index contributed by atoms with van der Waals surface area (Å²) in [7, 11) is 0. The standard InChI is InChI=1S/C14H12F4N4O2/c1-7(2)24-13(23)21-10-6-20-12(22-11(10)14(16,17)18)8-3-9(15)5-19-4-8/h3-7H,1-2H3,(H,21,23).